The normalized spacial score (nSPS) is 13.7. The Labute approximate surface area is 126 Å². The Bertz CT molecular complexity index is 566. The first kappa shape index (κ1) is 15.4. The van der Waals surface area contributed by atoms with Crippen molar-refractivity contribution >= 4 is 0 Å². The Morgan fingerprint density at radius 3 is 2.33 bits per heavy atom. The first-order valence-corrected chi connectivity index (χ1v) is 7.33. The molecule has 1 unspecified atom stereocenters. The molecule has 3 heteroatoms. The van der Waals surface area contributed by atoms with Crippen LogP contribution < -0.4 is 10.1 Å². The number of aromatic hydroxyl groups is 1. The molecule has 112 valence electrons. The third-order valence-corrected chi connectivity index (χ3v) is 3.79. The van der Waals surface area contributed by atoms with Crippen LogP contribution >= 0.6 is 0 Å². The number of rotatable bonds is 6. The predicted molar refractivity (Wildman–Crippen MR) is 85.7 cm³/mol. The van der Waals surface area contributed by atoms with Gasteiger partial charge in [-0.15, -0.1) is 0 Å². The van der Waals surface area contributed by atoms with Crippen molar-refractivity contribution in [3.05, 3.63) is 59.7 Å². The molecule has 0 bridgehead atoms. The summed E-state index contributed by atoms with van der Waals surface area (Å²) in [5.74, 6) is 1.21. The van der Waals surface area contributed by atoms with Gasteiger partial charge in [-0.1, -0.05) is 37.3 Å². The van der Waals surface area contributed by atoms with E-state index in [9.17, 15) is 5.11 Å². The highest BCUT2D eigenvalue weighted by Crippen LogP contribution is 2.28. The van der Waals surface area contributed by atoms with Crippen molar-refractivity contribution in [2.24, 2.45) is 0 Å². The van der Waals surface area contributed by atoms with Crippen LogP contribution in [0.1, 0.15) is 43.5 Å². The number of methoxy groups -OCH3 is 1. The van der Waals surface area contributed by atoms with Crippen LogP contribution in [0.3, 0.4) is 0 Å². The monoisotopic (exact) mass is 285 g/mol. The molecular formula is C18H23NO2. The first-order chi connectivity index (χ1) is 10.2. The molecule has 2 atom stereocenters. The van der Waals surface area contributed by atoms with E-state index >= 15 is 0 Å². The molecule has 0 aliphatic rings. The SMILES string of the molecule is CCC(N[C@@H](C)c1ccc(OC)cc1)c1ccccc1O. The second-order valence-electron chi connectivity index (χ2n) is 5.18. The maximum absolute atomic E-state index is 10.0. The zero-order valence-corrected chi connectivity index (χ0v) is 12.8. The number of ether oxygens (including phenoxy) is 1. The number of para-hydroxylation sites is 1. The Hall–Kier alpha value is -2.00. The van der Waals surface area contributed by atoms with E-state index in [-0.39, 0.29) is 12.1 Å². The van der Waals surface area contributed by atoms with E-state index in [2.05, 4.69) is 31.3 Å². The summed E-state index contributed by atoms with van der Waals surface area (Å²) in [6.07, 6.45) is 0.915. The molecule has 3 nitrogen and oxygen atoms in total. The summed E-state index contributed by atoms with van der Waals surface area (Å²) in [6.45, 7) is 4.25. The Morgan fingerprint density at radius 2 is 1.76 bits per heavy atom. The van der Waals surface area contributed by atoms with Crippen molar-refractivity contribution in [3.63, 3.8) is 0 Å². The minimum Gasteiger partial charge on any atom is -0.508 e. The predicted octanol–water partition coefficient (Wildman–Crippen LogP) is 4.20. The molecular weight excluding hydrogens is 262 g/mol. The fourth-order valence-electron chi connectivity index (χ4n) is 2.50. The first-order valence-electron chi connectivity index (χ1n) is 7.33. The Morgan fingerprint density at radius 1 is 1.10 bits per heavy atom. The van der Waals surface area contributed by atoms with Gasteiger partial charge in [0, 0.05) is 17.6 Å². The lowest BCUT2D eigenvalue weighted by atomic mass is 10.0. The summed E-state index contributed by atoms with van der Waals surface area (Å²) >= 11 is 0. The van der Waals surface area contributed by atoms with Crippen molar-refractivity contribution < 1.29 is 9.84 Å². The van der Waals surface area contributed by atoms with E-state index in [0.717, 1.165) is 17.7 Å². The minimum atomic E-state index is 0.128. The van der Waals surface area contributed by atoms with Crippen LogP contribution in [0.5, 0.6) is 11.5 Å². The van der Waals surface area contributed by atoms with Gasteiger partial charge >= 0.3 is 0 Å². The quantitative estimate of drug-likeness (QED) is 0.835. The highest BCUT2D eigenvalue weighted by Gasteiger charge is 2.16. The van der Waals surface area contributed by atoms with Crippen LogP contribution in [-0.4, -0.2) is 12.2 Å². The van der Waals surface area contributed by atoms with Gasteiger partial charge in [0.1, 0.15) is 11.5 Å². The maximum atomic E-state index is 10.0. The smallest absolute Gasteiger partial charge is 0.120 e. The molecule has 0 radical (unpaired) electrons. The summed E-state index contributed by atoms with van der Waals surface area (Å²) in [5.41, 5.74) is 2.14. The molecule has 2 N–H and O–H groups in total. The van der Waals surface area contributed by atoms with Gasteiger partial charge in [-0.05, 0) is 37.1 Å². The van der Waals surface area contributed by atoms with E-state index in [0.29, 0.717) is 5.75 Å². The second-order valence-corrected chi connectivity index (χ2v) is 5.18. The third kappa shape index (κ3) is 3.76. The number of phenols is 1. The fourth-order valence-corrected chi connectivity index (χ4v) is 2.50. The average molecular weight is 285 g/mol. The van der Waals surface area contributed by atoms with Crippen LogP contribution in [0.25, 0.3) is 0 Å². The van der Waals surface area contributed by atoms with Gasteiger partial charge in [0.25, 0.3) is 0 Å². The van der Waals surface area contributed by atoms with Gasteiger partial charge in [-0.2, -0.15) is 0 Å². The zero-order valence-electron chi connectivity index (χ0n) is 12.8. The van der Waals surface area contributed by atoms with E-state index in [1.165, 1.54) is 5.56 Å². The molecule has 2 aromatic rings. The lowest BCUT2D eigenvalue weighted by molar-refractivity contribution is 0.411. The zero-order chi connectivity index (χ0) is 15.2. The summed E-state index contributed by atoms with van der Waals surface area (Å²) in [7, 11) is 1.67. The Balaban J connectivity index is 2.12. The molecule has 0 amide bonds. The molecule has 2 rings (SSSR count). The number of nitrogens with one attached hydrogen (secondary N) is 1. The second kappa shape index (κ2) is 7.14. The number of benzene rings is 2. The number of hydrogen-bond donors (Lipinski definition) is 2. The number of hydrogen-bond acceptors (Lipinski definition) is 3. The molecule has 0 heterocycles. The lowest BCUT2D eigenvalue weighted by Gasteiger charge is -2.24. The molecule has 0 saturated carbocycles. The molecule has 0 spiro atoms. The van der Waals surface area contributed by atoms with Crippen LogP contribution in [0.15, 0.2) is 48.5 Å². The van der Waals surface area contributed by atoms with Crippen molar-refractivity contribution in [1.29, 1.82) is 0 Å². The van der Waals surface area contributed by atoms with Crippen LogP contribution in [0.2, 0.25) is 0 Å². The highest BCUT2D eigenvalue weighted by atomic mass is 16.5. The Kier molecular flexibility index (Phi) is 5.23. The third-order valence-electron chi connectivity index (χ3n) is 3.79. The molecule has 0 aromatic heterocycles. The summed E-state index contributed by atoms with van der Waals surface area (Å²) in [5, 5.41) is 13.6. The van der Waals surface area contributed by atoms with Crippen LogP contribution in [0.4, 0.5) is 0 Å². The standard InChI is InChI=1S/C18H23NO2/c1-4-17(16-7-5-6-8-18(16)20)19-13(2)14-9-11-15(21-3)12-10-14/h5-13,17,19-20H,4H2,1-3H3/t13-,17?/m0/s1. The molecule has 0 aliphatic carbocycles. The minimum absolute atomic E-state index is 0.128. The van der Waals surface area contributed by atoms with E-state index < -0.39 is 0 Å². The van der Waals surface area contributed by atoms with E-state index in [4.69, 9.17) is 4.74 Å². The van der Waals surface area contributed by atoms with Crippen molar-refractivity contribution in [2.45, 2.75) is 32.4 Å². The van der Waals surface area contributed by atoms with E-state index in [1.54, 1.807) is 13.2 Å². The topological polar surface area (TPSA) is 41.5 Å². The fraction of sp³-hybridized carbons (Fsp3) is 0.333. The van der Waals surface area contributed by atoms with Crippen molar-refractivity contribution in [3.8, 4) is 11.5 Å². The van der Waals surface area contributed by atoms with Gasteiger partial charge in [-0.3, -0.25) is 0 Å². The van der Waals surface area contributed by atoms with Crippen molar-refractivity contribution in [2.75, 3.05) is 7.11 Å². The van der Waals surface area contributed by atoms with Crippen molar-refractivity contribution in [1.82, 2.24) is 5.32 Å². The van der Waals surface area contributed by atoms with Crippen LogP contribution in [0, 0.1) is 0 Å². The molecule has 2 aromatic carbocycles. The average Bonchev–Trinajstić information content (AvgIpc) is 2.53. The summed E-state index contributed by atoms with van der Waals surface area (Å²) < 4.78 is 5.18. The lowest BCUT2D eigenvalue weighted by Crippen LogP contribution is -2.24. The van der Waals surface area contributed by atoms with Gasteiger partial charge in [0.05, 0.1) is 7.11 Å². The largest absolute Gasteiger partial charge is 0.508 e. The molecule has 21 heavy (non-hydrogen) atoms. The van der Waals surface area contributed by atoms with Crippen LogP contribution in [-0.2, 0) is 0 Å². The van der Waals surface area contributed by atoms with Gasteiger partial charge < -0.3 is 15.2 Å². The summed E-state index contributed by atoms with van der Waals surface area (Å²) in [4.78, 5) is 0. The van der Waals surface area contributed by atoms with Gasteiger partial charge in [0.2, 0.25) is 0 Å². The summed E-state index contributed by atoms with van der Waals surface area (Å²) in [6, 6.07) is 15.9. The highest BCUT2D eigenvalue weighted by molar-refractivity contribution is 5.35. The number of phenolic OH excluding ortho intramolecular Hbond substituents is 1. The molecule has 0 fully saturated rings. The molecule has 0 aliphatic heterocycles. The van der Waals surface area contributed by atoms with E-state index in [1.807, 2.05) is 30.3 Å². The maximum Gasteiger partial charge on any atom is 0.120 e. The van der Waals surface area contributed by atoms with Gasteiger partial charge in [0.15, 0.2) is 0 Å². The molecule has 0 saturated heterocycles. The van der Waals surface area contributed by atoms with Gasteiger partial charge in [-0.25, -0.2) is 0 Å².